The highest BCUT2D eigenvalue weighted by Crippen LogP contribution is 2.30. The number of hydrogen-bond donors (Lipinski definition) is 2. The zero-order valence-corrected chi connectivity index (χ0v) is 18.3. The number of carbonyl (C=O) groups is 1. The second-order valence-electron chi connectivity index (χ2n) is 8.26. The Morgan fingerprint density at radius 1 is 1.11 bits per heavy atom. The number of nitrogens with one attached hydrogen (secondary N) is 1. The molecule has 0 aromatic heterocycles. The molecule has 0 aliphatic rings. The van der Waals surface area contributed by atoms with Crippen LogP contribution in [-0.2, 0) is 16.8 Å². The molecule has 28 heavy (non-hydrogen) atoms. The van der Waals surface area contributed by atoms with Gasteiger partial charge in [0.25, 0.3) is 0 Å². The van der Waals surface area contributed by atoms with Crippen LogP contribution in [0.2, 0.25) is 0 Å². The van der Waals surface area contributed by atoms with Gasteiger partial charge in [-0.3, -0.25) is 9.52 Å². The molecule has 0 atom stereocenters. The zero-order chi connectivity index (χ0) is 21.1. The van der Waals surface area contributed by atoms with E-state index in [9.17, 15) is 14.3 Å². The highest BCUT2D eigenvalue weighted by molar-refractivity contribution is 7.98. The number of benzene rings is 2. The normalized spacial score (nSPS) is 11.9. The van der Waals surface area contributed by atoms with Crippen LogP contribution in [0.4, 0.5) is 4.39 Å². The lowest BCUT2D eigenvalue weighted by Crippen LogP contribution is -2.21. The molecule has 0 heterocycles. The summed E-state index contributed by atoms with van der Waals surface area (Å²) in [5, 5.41) is 10.1. The Morgan fingerprint density at radius 3 is 2.18 bits per heavy atom. The Balaban J connectivity index is 2.18. The van der Waals surface area contributed by atoms with Crippen LogP contribution in [0.1, 0.15) is 75.6 Å². The summed E-state index contributed by atoms with van der Waals surface area (Å²) < 4.78 is 16.9. The van der Waals surface area contributed by atoms with Crippen molar-refractivity contribution in [3.8, 4) is 0 Å². The van der Waals surface area contributed by atoms with Crippen molar-refractivity contribution in [3.05, 3.63) is 64.5 Å². The molecule has 2 aromatic carbocycles. The van der Waals surface area contributed by atoms with Crippen molar-refractivity contribution >= 4 is 17.9 Å². The van der Waals surface area contributed by atoms with Gasteiger partial charge >= 0.3 is 0 Å². The molecule has 0 aliphatic carbocycles. The number of amides is 1. The minimum absolute atomic E-state index is 0.130. The number of carbonyl (C=O) groups excluding carboxylic acids is 1. The van der Waals surface area contributed by atoms with Gasteiger partial charge in [0.1, 0.15) is 5.82 Å². The molecule has 2 aromatic rings. The first-order valence-electron chi connectivity index (χ1n) is 9.59. The maximum atomic E-state index is 14.0. The average molecular weight is 404 g/mol. The van der Waals surface area contributed by atoms with Gasteiger partial charge in [0, 0.05) is 4.90 Å². The molecule has 2 N–H and O–H groups in total. The minimum Gasteiger partial charge on any atom is -0.386 e. The van der Waals surface area contributed by atoms with Crippen molar-refractivity contribution in [2.45, 2.75) is 70.3 Å². The summed E-state index contributed by atoms with van der Waals surface area (Å²) in [6.45, 7) is 11.5. The molecule has 3 nitrogen and oxygen atoms in total. The highest BCUT2D eigenvalue weighted by Gasteiger charge is 2.19. The third kappa shape index (κ3) is 5.82. The molecule has 0 saturated heterocycles. The van der Waals surface area contributed by atoms with Gasteiger partial charge in [-0.2, -0.15) is 0 Å². The summed E-state index contributed by atoms with van der Waals surface area (Å²) in [6.07, 6.45) is 0.208. The fraction of sp³-hybridized carbons (Fsp3) is 0.435. The van der Waals surface area contributed by atoms with E-state index in [1.807, 2.05) is 52.0 Å². The van der Waals surface area contributed by atoms with Crippen LogP contribution in [0.3, 0.4) is 0 Å². The summed E-state index contributed by atoms with van der Waals surface area (Å²) in [7, 11) is 0. The molecular weight excluding hydrogens is 373 g/mol. The SMILES string of the molecule is CC(C)c1cc(F)cc(C(C)C)c1CC(=O)NSc1cccc(C(C)(C)O)c1. The van der Waals surface area contributed by atoms with Gasteiger partial charge in [0.2, 0.25) is 5.91 Å². The van der Waals surface area contributed by atoms with E-state index in [4.69, 9.17) is 0 Å². The van der Waals surface area contributed by atoms with Crippen molar-refractivity contribution in [1.29, 1.82) is 0 Å². The maximum absolute atomic E-state index is 14.0. The van der Waals surface area contributed by atoms with E-state index in [-0.39, 0.29) is 30.0 Å². The van der Waals surface area contributed by atoms with Crippen LogP contribution in [0.15, 0.2) is 41.3 Å². The maximum Gasteiger partial charge on any atom is 0.234 e. The van der Waals surface area contributed by atoms with E-state index in [0.29, 0.717) is 0 Å². The molecule has 0 spiro atoms. The number of halogens is 1. The van der Waals surface area contributed by atoms with E-state index < -0.39 is 5.60 Å². The van der Waals surface area contributed by atoms with E-state index in [1.54, 1.807) is 26.0 Å². The third-order valence-corrected chi connectivity index (χ3v) is 5.51. The topological polar surface area (TPSA) is 49.3 Å². The Morgan fingerprint density at radius 2 is 1.68 bits per heavy atom. The number of hydrogen-bond acceptors (Lipinski definition) is 3. The third-order valence-electron chi connectivity index (χ3n) is 4.69. The van der Waals surface area contributed by atoms with Gasteiger partial charge in [0.15, 0.2) is 0 Å². The zero-order valence-electron chi connectivity index (χ0n) is 17.5. The summed E-state index contributed by atoms with van der Waals surface area (Å²) in [4.78, 5) is 13.5. The number of aliphatic hydroxyl groups is 1. The molecule has 152 valence electrons. The van der Waals surface area contributed by atoms with Crippen LogP contribution in [0, 0.1) is 5.82 Å². The molecule has 0 unspecified atom stereocenters. The van der Waals surface area contributed by atoms with Gasteiger partial charge in [0.05, 0.1) is 12.0 Å². The van der Waals surface area contributed by atoms with Crippen molar-refractivity contribution in [2.24, 2.45) is 0 Å². The van der Waals surface area contributed by atoms with Gasteiger partial charge in [-0.1, -0.05) is 39.8 Å². The second-order valence-corrected chi connectivity index (χ2v) is 9.14. The van der Waals surface area contributed by atoms with Crippen molar-refractivity contribution < 1.29 is 14.3 Å². The second kappa shape index (κ2) is 9.10. The van der Waals surface area contributed by atoms with Gasteiger partial charge in [-0.15, -0.1) is 0 Å². The molecule has 5 heteroatoms. The van der Waals surface area contributed by atoms with Crippen LogP contribution in [-0.4, -0.2) is 11.0 Å². The Labute approximate surface area is 171 Å². The summed E-state index contributed by atoms with van der Waals surface area (Å²) in [5.74, 6) is -0.123. The Hall–Kier alpha value is -1.85. The lowest BCUT2D eigenvalue weighted by atomic mass is 9.87. The molecular formula is C23H30FNO2S. The first kappa shape index (κ1) is 22.4. The molecule has 0 fully saturated rings. The van der Waals surface area contributed by atoms with Gasteiger partial charge in [-0.25, -0.2) is 4.39 Å². The number of rotatable bonds is 7. The fourth-order valence-electron chi connectivity index (χ4n) is 3.17. The predicted octanol–water partition coefficient (Wildman–Crippen LogP) is 5.67. The van der Waals surface area contributed by atoms with E-state index in [2.05, 4.69) is 4.72 Å². The molecule has 0 saturated carbocycles. The minimum atomic E-state index is -0.937. The van der Waals surface area contributed by atoms with E-state index >= 15 is 0 Å². The summed E-state index contributed by atoms with van der Waals surface area (Å²) >= 11 is 1.22. The molecule has 2 rings (SSSR count). The standard InChI is InChI=1S/C23H30FNO2S/c1-14(2)19-11-17(24)12-20(15(3)4)21(19)13-22(26)25-28-18-9-7-8-16(10-18)23(5,6)27/h7-12,14-15,27H,13H2,1-6H3,(H,25,26). The lowest BCUT2D eigenvalue weighted by Gasteiger charge is -2.20. The quantitative estimate of drug-likeness (QED) is 0.586. The van der Waals surface area contributed by atoms with Gasteiger partial charge < -0.3 is 5.11 Å². The first-order valence-corrected chi connectivity index (χ1v) is 10.4. The van der Waals surface area contributed by atoms with Crippen molar-refractivity contribution in [1.82, 2.24) is 4.72 Å². The van der Waals surface area contributed by atoms with E-state index in [1.165, 1.54) is 11.9 Å². The highest BCUT2D eigenvalue weighted by atomic mass is 32.2. The fourth-order valence-corrected chi connectivity index (χ4v) is 3.80. The van der Waals surface area contributed by atoms with Crippen LogP contribution >= 0.6 is 11.9 Å². The molecule has 0 aliphatic heterocycles. The summed E-state index contributed by atoms with van der Waals surface area (Å²) in [5.41, 5.74) is 2.53. The largest absolute Gasteiger partial charge is 0.386 e. The molecule has 0 bridgehead atoms. The van der Waals surface area contributed by atoms with Crippen LogP contribution < -0.4 is 4.72 Å². The molecule has 0 radical (unpaired) electrons. The van der Waals surface area contributed by atoms with Crippen LogP contribution in [0.25, 0.3) is 0 Å². The van der Waals surface area contributed by atoms with Crippen LogP contribution in [0.5, 0.6) is 0 Å². The Bertz CT molecular complexity index is 812. The monoisotopic (exact) mass is 403 g/mol. The predicted molar refractivity (Wildman–Crippen MR) is 114 cm³/mol. The smallest absolute Gasteiger partial charge is 0.234 e. The first-order chi connectivity index (χ1) is 13.0. The van der Waals surface area contributed by atoms with Gasteiger partial charge in [-0.05, 0) is 84.2 Å². The van der Waals surface area contributed by atoms with Crippen molar-refractivity contribution in [3.63, 3.8) is 0 Å². The molecule has 1 amide bonds. The van der Waals surface area contributed by atoms with Crippen molar-refractivity contribution in [2.75, 3.05) is 0 Å². The Kier molecular flexibility index (Phi) is 7.29. The van der Waals surface area contributed by atoms with E-state index in [0.717, 1.165) is 27.1 Å². The average Bonchev–Trinajstić information content (AvgIpc) is 2.60. The summed E-state index contributed by atoms with van der Waals surface area (Å²) in [6, 6.07) is 10.5. The lowest BCUT2D eigenvalue weighted by molar-refractivity contribution is -0.118.